The van der Waals surface area contributed by atoms with Gasteiger partial charge in [-0.25, -0.2) is 17.8 Å². The fourth-order valence-corrected chi connectivity index (χ4v) is 4.20. The maximum Gasteiger partial charge on any atom is 0.240 e. The smallest absolute Gasteiger partial charge is 0.240 e. The number of benzene rings is 1. The van der Waals surface area contributed by atoms with E-state index in [1.54, 1.807) is 23.7 Å². The Morgan fingerprint density at radius 3 is 2.39 bits per heavy atom. The molecule has 0 aliphatic carbocycles. The third-order valence-corrected chi connectivity index (χ3v) is 5.84. The summed E-state index contributed by atoms with van der Waals surface area (Å²) in [7, 11) is -3.55. The predicted molar refractivity (Wildman–Crippen MR) is 108 cm³/mol. The summed E-state index contributed by atoms with van der Waals surface area (Å²) in [6.45, 7) is 8.15. The second-order valence-corrected chi connectivity index (χ2v) is 8.44. The van der Waals surface area contributed by atoms with Gasteiger partial charge in [0.1, 0.15) is 5.82 Å². The minimum absolute atomic E-state index is 0.233. The Morgan fingerprint density at radius 2 is 1.75 bits per heavy atom. The van der Waals surface area contributed by atoms with Crippen LogP contribution < -0.4 is 10.0 Å². The molecule has 2 aromatic heterocycles. The van der Waals surface area contributed by atoms with Gasteiger partial charge in [-0.3, -0.25) is 0 Å². The Bertz CT molecular complexity index is 1070. The van der Waals surface area contributed by atoms with Crippen molar-refractivity contribution in [3.8, 4) is 5.82 Å². The minimum Gasteiger partial charge on any atom is -0.367 e. The molecule has 148 valence electrons. The molecule has 0 atom stereocenters. The van der Waals surface area contributed by atoms with Crippen LogP contribution in [0, 0.1) is 27.7 Å². The largest absolute Gasteiger partial charge is 0.367 e. The monoisotopic (exact) mass is 400 g/mol. The van der Waals surface area contributed by atoms with Crippen LogP contribution in [0.4, 0.5) is 5.82 Å². The highest BCUT2D eigenvalue weighted by atomic mass is 32.2. The van der Waals surface area contributed by atoms with E-state index in [4.69, 9.17) is 0 Å². The first kappa shape index (κ1) is 20.0. The molecule has 0 fully saturated rings. The zero-order valence-corrected chi connectivity index (χ0v) is 17.2. The highest BCUT2D eigenvalue weighted by molar-refractivity contribution is 7.89. The first-order chi connectivity index (χ1) is 13.3. The average Bonchev–Trinajstić information content (AvgIpc) is 2.99. The maximum atomic E-state index is 12.5. The number of aromatic nitrogens is 4. The van der Waals surface area contributed by atoms with E-state index in [9.17, 15) is 8.42 Å². The first-order valence-electron chi connectivity index (χ1n) is 8.94. The molecule has 0 aliphatic heterocycles. The predicted octanol–water partition coefficient (Wildman–Crippen LogP) is 2.29. The third kappa shape index (κ3) is 4.55. The van der Waals surface area contributed by atoms with Gasteiger partial charge in [0, 0.05) is 18.8 Å². The van der Waals surface area contributed by atoms with Crippen LogP contribution in [-0.4, -0.2) is 41.5 Å². The van der Waals surface area contributed by atoms with Crippen LogP contribution in [-0.2, 0) is 10.0 Å². The van der Waals surface area contributed by atoms with Crippen molar-refractivity contribution in [2.24, 2.45) is 0 Å². The molecule has 28 heavy (non-hydrogen) atoms. The number of nitrogens with zero attached hydrogens (tertiary/aromatic N) is 4. The van der Waals surface area contributed by atoms with Crippen molar-refractivity contribution < 1.29 is 8.42 Å². The van der Waals surface area contributed by atoms with Crippen LogP contribution >= 0.6 is 0 Å². The topological polar surface area (TPSA) is 102 Å². The normalized spacial score (nSPS) is 11.6. The summed E-state index contributed by atoms with van der Waals surface area (Å²) in [4.78, 5) is 0.307. The molecule has 0 radical (unpaired) electrons. The van der Waals surface area contributed by atoms with Gasteiger partial charge in [0.2, 0.25) is 10.0 Å². The van der Waals surface area contributed by atoms with Gasteiger partial charge in [0.05, 0.1) is 10.6 Å². The summed E-state index contributed by atoms with van der Waals surface area (Å²) in [6.07, 6.45) is 0. The summed E-state index contributed by atoms with van der Waals surface area (Å²) in [5.74, 6) is 1.20. The Labute approximate surface area is 165 Å². The van der Waals surface area contributed by atoms with Crippen molar-refractivity contribution in [2.45, 2.75) is 32.6 Å². The molecule has 0 saturated heterocycles. The number of rotatable bonds is 7. The second-order valence-electron chi connectivity index (χ2n) is 6.71. The third-order valence-electron chi connectivity index (χ3n) is 4.23. The van der Waals surface area contributed by atoms with Crippen molar-refractivity contribution in [1.82, 2.24) is 24.7 Å². The highest BCUT2D eigenvalue weighted by Crippen LogP contribution is 2.16. The van der Waals surface area contributed by atoms with E-state index in [0.717, 1.165) is 22.5 Å². The molecule has 2 N–H and O–H groups in total. The van der Waals surface area contributed by atoms with E-state index in [0.29, 0.717) is 23.1 Å². The zero-order chi connectivity index (χ0) is 20.3. The molecule has 0 unspecified atom stereocenters. The molecular formula is C19H24N6O2S. The van der Waals surface area contributed by atoms with Gasteiger partial charge in [-0.15, -0.1) is 10.2 Å². The van der Waals surface area contributed by atoms with Crippen molar-refractivity contribution in [1.29, 1.82) is 0 Å². The Kier molecular flexibility index (Phi) is 5.76. The molecule has 3 aromatic rings. The van der Waals surface area contributed by atoms with Crippen molar-refractivity contribution in [3.63, 3.8) is 0 Å². The molecule has 3 rings (SSSR count). The van der Waals surface area contributed by atoms with Crippen LogP contribution in [0.15, 0.2) is 41.3 Å². The summed E-state index contributed by atoms with van der Waals surface area (Å²) < 4.78 is 29.3. The lowest BCUT2D eigenvalue weighted by Crippen LogP contribution is -2.29. The number of anilines is 1. The summed E-state index contributed by atoms with van der Waals surface area (Å²) in [5.41, 5.74) is 3.52. The number of aryl methyl sites for hydroxylation is 4. The van der Waals surface area contributed by atoms with Gasteiger partial charge in [-0.1, -0.05) is 12.1 Å². The van der Waals surface area contributed by atoms with Crippen molar-refractivity contribution >= 4 is 15.8 Å². The van der Waals surface area contributed by atoms with E-state index >= 15 is 0 Å². The number of hydrogen-bond acceptors (Lipinski definition) is 6. The van der Waals surface area contributed by atoms with Crippen LogP contribution in [0.25, 0.3) is 5.82 Å². The molecule has 0 aliphatic rings. The molecular weight excluding hydrogens is 376 g/mol. The molecule has 8 nitrogen and oxygen atoms in total. The fourth-order valence-electron chi connectivity index (χ4n) is 2.84. The maximum absolute atomic E-state index is 12.5. The standard InChI is InChI=1S/C19H24N6O2S/c1-13-5-6-14(2)17(11-13)28(26,27)21-10-9-20-18-7-8-19(23-22-18)25-16(4)12-15(3)24-25/h5-8,11-12,21H,9-10H2,1-4H3,(H,20,22). The summed E-state index contributed by atoms with van der Waals surface area (Å²) in [6, 6.07) is 10.9. The van der Waals surface area contributed by atoms with E-state index in [-0.39, 0.29) is 6.54 Å². The lowest BCUT2D eigenvalue weighted by Gasteiger charge is -2.11. The number of nitrogens with one attached hydrogen (secondary N) is 2. The lowest BCUT2D eigenvalue weighted by atomic mass is 10.2. The molecule has 0 bridgehead atoms. The zero-order valence-electron chi connectivity index (χ0n) is 16.4. The van der Waals surface area contributed by atoms with Crippen LogP contribution in [0.2, 0.25) is 0 Å². The van der Waals surface area contributed by atoms with Gasteiger partial charge in [0.25, 0.3) is 0 Å². The van der Waals surface area contributed by atoms with Crippen molar-refractivity contribution in [2.75, 3.05) is 18.4 Å². The van der Waals surface area contributed by atoms with E-state index < -0.39 is 10.0 Å². The van der Waals surface area contributed by atoms with Gasteiger partial charge in [-0.2, -0.15) is 5.10 Å². The summed E-state index contributed by atoms with van der Waals surface area (Å²) >= 11 is 0. The van der Waals surface area contributed by atoms with Crippen LogP contribution in [0.5, 0.6) is 0 Å². The molecule has 9 heteroatoms. The molecule has 2 heterocycles. The van der Waals surface area contributed by atoms with Gasteiger partial charge >= 0.3 is 0 Å². The minimum atomic E-state index is -3.55. The Morgan fingerprint density at radius 1 is 0.964 bits per heavy atom. The molecule has 1 aromatic carbocycles. The molecule has 0 saturated carbocycles. The van der Waals surface area contributed by atoms with Gasteiger partial charge in [-0.05, 0) is 63.1 Å². The van der Waals surface area contributed by atoms with Gasteiger partial charge < -0.3 is 5.32 Å². The van der Waals surface area contributed by atoms with Crippen molar-refractivity contribution in [3.05, 3.63) is 58.9 Å². The SMILES string of the molecule is Cc1ccc(C)c(S(=O)(=O)NCCNc2ccc(-n3nc(C)cc3C)nn2)c1. The highest BCUT2D eigenvalue weighted by Gasteiger charge is 2.16. The summed E-state index contributed by atoms with van der Waals surface area (Å²) in [5, 5.41) is 15.7. The van der Waals surface area contributed by atoms with Crippen LogP contribution in [0.1, 0.15) is 22.5 Å². The quantitative estimate of drug-likeness (QED) is 0.590. The lowest BCUT2D eigenvalue weighted by molar-refractivity contribution is 0.582. The second kappa shape index (κ2) is 8.07. The van der Waals surface area contributed by atoms with Crippen LogP contribution in [0.3, 0.4) is 0 Å². The Balaban J connectivity index is 1.56. The van der Waals surface area contributed by atoms with Gasteiger partial charge in [0.15, 0.2) is 5.82 Å². The van der Waals surface area contributed by atoms with E-state index in [2.05, 4.69) is 25.3 Å². The Hall–Kier alpha value is -2.78. The molecule has 0 spiro atoms. The number of hydrogen-bond donors (Lipinski definition) is 2. The first-order valence-corrected chi connectivity index (χ1v) is 10.4. The average molecular weight is 401 g/mol. The number of sulfonamides is 1. The van der Waals surface area contributed by atoms with E-state index in [1.165, 1.54) is 0 Å². The fraction of sp³-hybridized carbons (Fsp3) is 0.316. The molecule has 0 amide bonds. The van der Waals surface area contributed by atoms with E-state index in [1.807, 2.05) is 45.0 Å².